The number of rotatable bonds is 43. The molecule has 2 fully saturated rings. The number of hydrogen-bond acceptors (Lipinski definition) is 14. The van der Waals surface area contributed by atoms with E-state index in [0.29, 0.717) is 13.0 Å². The van der Waals surface area contributed by atoms with Crippen molar-refractivity contribution < 1.29 is 69.0 Å². The average molecular weight is 1010 g/mol. The van der Waals surface area contributed by atoms with Crippen molar-refractivity contribution in [2.45, 2.75) is 248 Å². The molecular formula is C57H98O14. The van der Waals surface area contributed by atoms with Crippen LogP contribution in [0.25, 0.3) is 0 Å². The molecule has 2 aliphatic heterocycles. The van der Waals surface area contributed by atoms with Gasteiger partial charge in [0.2, 0.25) is 0 Å². The molecule has 2 heterocycles. The van der Waals surface area contributed by atoms with E-state index in [4.69, 9.17) is 28.4 Å². The summed E-state index contributed by atoms with van der Waals surface area (Å²) in [4.78, 5) is 13.0. The summed E-state index contributed by atoms with van der Waals surface area (Å²) in [5.74, 6) is -0.399. The molecule has 71 heavy (non-hydrogen) atoms. The summed E-state index contributed by atoms with van der Waals surface area (Å²) in [6.07, 6.45) is 38.1. The number of unbranched alkanes of at least 4 members (excludes halogenated alkanes) is 17. The third-order valence-electron chi connectivity index (χ3n) is 12.7. The number of carbonyl (C=O) groups is 1. The Balaban J connectivity index is 1.76. The monoisotopic (exact) mass is 1010 g/mol. The normalized spacial score (nSPS) is 25.9. The predicted molar refractivity (Wildman–Crippen MR) is 279 cm³/mol. The Bertz CT molecular complexity index is 1450. The summed E-state index contributed by atoms with van der Waals surface area (Å²) in [5.41, 5.74) is 0. The fourth-order valence-corrected chi connectivity index (χ4v) is 8.25. The largest absolute Gasteiger partial charge is 0.457 e. The van der Waals surface area contributed by atoms with Crippen molar-refractivity contribution in [1.82, 2.24) is 0 Å². The zero-order valence-corrected chi connectivity index (χ0v) is 43.7. The van der Waals surface area contributed by atoms with Gasteiger partial charge in [-0.3, -0.25) is 4.79 Å². The maximum Gasteiger partial charge on any atom is 0.306 e. The van der Waals surface area contributed by atoms with Gasteiger partial charge in [-0.1, -0.05) is 164 Å². The smallest absolute Gasteiger partial charge is 0.306 e. The fraction of sp³-hybridized carbons (Fsp3) is 0.772. The van der Waals surface area contributed by atoms with Crippen molar-refractivity contribution >= 4 is 5.97 Å². The van der Waals surface area contributed by atoms with Crippen LogP contribution in [0.15, 0.2) is 72.9 Å². The molecule has 0 spiro atoms. The van der Waals surface area contributed by atoms with Gasteiger partial charge in [0.1, 0.15) is 54.9 Å². The van der Waals surface area contributed by atoms with Gasteiger partial charge in [0.05, 0.1) is 26.4 Å². The Kier molecular flexibility index (Phi) is 39.8. The number of aliphatic hydroxyl groups is 7. The Hall–Kier alpha value is -2.57. The Morgan fingerprint density at radius 1 is 0.479 bits per heavy atom. The highest BCUT2D eigenvalue weighted by Gasteiger charge is 2.47. The van der Waals surface area contributed by atoms with Crippen LogP contribution in [-0.2, 0) is 33.2 Å². The minimum atomic E-state index is -1.71. The van der Waals surface area contributed by atoms with Crippen LogP contribution in [0, 0.1) is 0 Å². The first-order chi connectivity index (χ1) is 34.6. The van der Waals surface area contributed by atoms with Gasteiger partial charge in [0.15, 0.2) is 12.6 Å². The van der Waals surface area contributed by atoms with Crippen LogP contribution in [-0.4, -0.2) is 142 Å². The molecule has 2 saturated heterocycles. The highest BCUT2D eigenvalue weighted by molar-refractivity contribution is 5.69. The van der Waals surface area contributed by atoms with Crippen LogP contribution in [0.4, 0.5) is 0 Å². The molecule has 0 aromatic carbocycles. The third-order valence-corrected chi connectivity index (χ3v) is 12.7. The van der Waals surface area contributed by atoms with E-state index in [-0.39, 0.29) is 19.6 Å². The molecule has 0 amide bonds. The summed E-state index contributed by atoms with van der Waals surface area (Å²) in [7, 11) is 0. The minimum Gasteiger partial charge on any atom is -0.457 e. The molecule has 0 aromatic heterocycles. The van der Waals surface area contributed by atoms with Crippen molar-refractivity contribution in [3.8, 4) is 0 Å². The van der Waals surface area contributed by atoms with E-state index in [9.17, 15) is 40.5 Å². The number of ether oxygens (including phenoxy) is 6. The van der Waals surface area contributed by atoms with Crippen LogP contribution in [0.3, 0.4) is 0 Å². The minimum absolute atomic E-state index is 0.0459. The lowest BCUT2D eigenvalue weighted by Gasteiger charge is -2.42. The Morgan fingerprint density at radius 3 is 1.45 bits per heavy atom. The lowest BCUT2D eigenvalue weighted by molar-refractivity contribution is -0.332. The van der Waals surface area contributed by atoms with Crippen molar-refractivity contribution in [3.05, 3.63) is 72.9 Å². The Morgan fingerprint density at radius 2 is 0.915 bits per heavy atom. The summed E-state index contributed by atoms with van der Waals surface area (Å²) in [5, 5.41) is 72.2. The summed E-state index contributed by atoms with van der Waals surface area (Å²) >= 11 is 0. The number of aliphatic hydroxyl groups excluding tert-OH is 7. The second-order valence-electron chi connectivity index (χ2n) is 19.0. The van der Waals surface area contributed by atoms with E-state index in [0.717, 1.165) is 89.9 Å². The zero-order chi connectivity index (χ0) is 51.6. The van der Waals surface area contributed by atoms with Gasteiger partial charge >= 0.3 is 5.97 Å². The van der Waals surface area contributed by atoms with Gasteiger partial charge < -0.3 is 64.2 Å². The van der Waals surface area contributed by atoms with Crippen LogP contribution in [0.1, 0.15) is 181 Å². The van der Waals surface area contributed by atoms with E-state index >= 15 is 0 Å². The number of carbonyl (C=O) groups excluding carboxylic acids is 1. The standard InChI is InChI=1S/C57H98O14/c1-3-5-7-9-11-13-15-17-19-21-22-23-24-25-26-28-30-32-34-36-38-40-49(59)69-46(43-66-41-39-37-35-33-31-29-27-20-18-16-14-12-10-8-6-4-2)44-67-56-55(65)53(63)51(61)48(71-56)45-68-57-54(64)52(62)50(60)47(42-58)70-57/h5,7,11,13,17-20,22-23,25-26,46-48,50-58,60-65H,3-4,6,8-10,12,14-16,21,24,27-45H2,1-2H3/b7-5-,13-11-,19-17-,20-18-,23-22-,26-25-. The van der Waals surface area contributed by atoms with Gasteiger partial charge in [0.25, 0.3) is 0 Å². The van der Waals surface area contributed by atoms with Crippen LogP contribution in [0.2, 0.25) is 0 Å². The quantitative estimate of drug-likeness (QED) is 0.0173. The molecule has 410 valence electrons. The first-order valence-corrected chi connectivity index (χ1v) is 27.5. The first-order valence-electron chi connectivity index (χ1n) is 27.5. The molecule has 14 heteroatoms. The molecule has 11 unspecified atom stereocenters. The summed E-state index contributed by atoms with van der Waals surface area (Å²) < 4.78 is 34.3. The van der Waals surface area contributed by atoms with Crippen molar-refractivity contribution in [2.24, 2.45) is 0 Å². The molecule has 14 nitrogen and oxygen atoms in total. The zero-order valence-electron chi connectivity index (χ0n) is 43.7. The van der Waals surface area contributed by atoms with Crippen LogP contribution < -0.4 is 0 Å². The molecule has 2 rings (SSSR count). The second-order valence-corrected chi connectivity index (χ2v) is 19.0. The lowest BCUT2D eigenvalue weighted by Crippen LogP contribution is -2.61. The highest BCUT2D eigenvalue weighted by atomic mass is 16.7. The van der Waals surface area contributed by atoms with Crippen molar-refractivity contribution in [3.63, 3.8) is 0 Å². The van der Waals surface area contributed by atoms with Crippen molar-refractivity contribution in [1.29, 1.82) is 0 Å². The molecule has 11 atom stereocenters. The number of esters is 1. The van der Waals surface area contributed by atoms with E-state index in [1.165, 1.54) is 64.2 Å². The van der Waals surface area contributed by atoms with Crippen molar-refractivity contribution in [2.75, 3.05) is 33.0 Å². The fourth-order valence-electron chi connectivity index (χ4n) is 8.25. The van der Waals surface area contributed by atoms with Crippen LogP contribution in [0.5, 0.6) is 0 Å². The van der Waals surface area contributed by atoms with Gasteiger partial charge in [-0.2, -0.15) is 0 Å². The predicted octanol–water partition coefficient (Wildman–Crippen LogP) is 9.08. The molecular weight excluding hydrogens is 909 g/mol. The maximum atomic E-state index is 13.0. The lowest BCUT2D eigenvalue weighted by atomic mass is 9.98. The van der Waals surface area contributed by atoms with Crippen LogP contribution >= 0.6 is 0 Å². The van der Waals surface area contributed by atoms with E-state index in [1.807, 2.05) is 0 Å². The van der Waals surface area contributed by atoms with E-state index in [1.54, 1.807) is 0 Å². The van der Waals surface area contributed by atoms with Gasteiger partial charge in [-0.25, -0.2) is 0 Å². The number of hydrogen-bond donors (Lipinski definition) is 7. The SMILES string of the molecule is CC/C=C\C/C=C\C/C=C\C/C=C\C/C=C\CCCCCCCC(=O)OC(COCCCCCCCC/C=C\CCCCCCCC)COC1OC(COC2OC(CO)C(O)C(O)C2O)C(O)C(O)C1O. The third kappa shape index (κ3) is 31.0. The second kappa shape index (κ2) is 43.8. The average Bonchev–Trinajstić information content (AvgIpc) is 3.37. The van der Waals surface area contributed by atoms with E-state index in [2.05, 4.69) is 86.8 Å². The van der Waals surface area contributed by atoms with Gasteiger partial charge in [0, 0.05) is 13.0 Å². The maximum absolute atomic E-state index is 13.0. The molecule has 0 radical (unpaired) electrons. The molecule has 0 saturated carbocycles. The summed E-state index contributed by atoms with van der Waals surface area (Å²) in [6.45, 7) is 3.52. The van der Waals surface area contributed by atoms with Gasteiger partial charge in [-0.05, 0) is 83.5 Å². The van der Waals surface area contributed by atoms with Gasteiger partial charge in [-0.15, -0.1) is 0 Å². The molecule has 0 aliphatic carbocycles. The molecule has 7 N–H and O–H groups in total. The summed E-state index contributed by atoms with van der Waals surface area (Å²) in [6, 6.07) is 0. The first kappa shape index (κ1) is 64.5. The topological polar surface area (TPSA) is 214 Å². The highest BCUT2D eigenvalue weighted by Crippen LogP contribution is 2.26. The molecule has 0 bridgehead atoms. The molecule has 0 aromatic rings. The Labute approximate surface area is 427 Å². The number of allylic oxidation sites excluding steroid dienone is 12. The van der Waals surface area contributed by atoms with E-state index < -0.39 is 86.7 Å². The molecule has 2 aliphatic rings.